The van der Waals surface area contributed by atoms with Crippen LogP contribution in [0.5, 0.6) is 0 Å². The summed E-state index contributed by atoms with van der Waals surface area (Å²) in [5.41, 5.74) is 1.36. The van der Waals surface area contributed by atoms with Crippen molar-refractivity contribution in [3.8, 4) is 0 Å². The molecule has 13 heavy (non-hydrogen) atoms. The van der Waals surface area contributed by atoms with Crippen LogP contribution in [-0.2, 0) is 6.42 Å². The van der Waals surface area contributed by atoms with E-state index in [4.69, 9.17) is 0 Å². The molecule has 0 spiro atoms. The highest BCUT2D eigenvalue weighted by Crippen LogP contribution is 2.15. The SMILES string of the molecule is C=CCc1cccc([SiH](C)C)c1Br. The third-order valence-electron chi connectivity index (χ3n) is 2.09. The lowest BCUT2D eigenvalue weighted by molar-refractivity contribution is 1.26. The molecule has 70 valence electrons. The fourth-order valence-electron chi connectivity index (χ4n) is 1.36. The Kier molecular flexibility index (Phi) is 3.94. The first-order valence-electron chi connectivity index (χ1n) is 4.55. The summed E-state index contributed by atoms with van der Waals surface area (Å²) in [5, 5.41) is 1.51. The Balaban J connectivity index is 3.10. The van der Waals surface area contributed by atoms with Crippen LogP contribution < -0.4 is 5.19 Å². The Hall–Kier alpha value is -0.343. The number of hydrogen-bond donors (Lipinski definition) is 0. The Morgan fingerprint density at radius 3 is 2.69 bits per heavy atom. The Labute approximate surface area is 90.4 Å². The van der Waals surface area contributed by atoms with Crippen molar-refractivity contribution >= 4 is 29.9 Å². The predicted molar refractivity (Wildman–Crippen MR) is 66.6 cm³/mol. The zero-order valence-electron chi connectivity index (χ0n) is 8.18. The summed E-state index contributed by atoms with van der Waals surface area (Å²) in [6.45, 7) is 8.45. The molecule has 0 radical (unpaired) electrons. The van der Waals surface area contributed by atoms with E-state index in [0.717, 1.165) is 6.42 Å². The molecule has 0 nitrogen and oxygen atoms in total. The van der Waals surface area contributed by atoms with E-state index in [1.54, 1.807) is 0 Å². The summed E-state index contributed by atoms with van der Waals surface area (Å²) in [6.07, 6.45) is 2.90. The number of rotatable bonds is 3. The molecule has 2 heteroatoms. The molecule has 0 aliphatic carbocycles. The van der Waals surface area contributed by atoms with Gasteiger partial charge in [-0.15, -0.1) is 6.58 Å². The van der Waals surface area contributed by atoms with E-state index in [2.05, 4.69) is 53.8 Å². The Morgan fingerprint density at radius 2 is 2.15 bits per heavy atom. The third-order valence-corrected chi connectivity index (χ3v) is 5.21. The van der Waals surface area contributed by atoms with Crippen molar-refractivity contribution in [2.45, 2.75) is 19.5 Å². The summed E-state index contributed by atoms with van der Waals surface area (Å²) in [5.74, 6) is 0. The zero-order chi connectivity index (χ0) is 9.84. The maximum atomic E-state index is 3.76. The molecule has 0 atom stereocenters. The fourth-order valence-corrected chi connectivity index (χ4v) is 4.35. The second-order valence-corrected chi connectivity index (χ2v) is 7.19. The van der Waals surface area contributed by atoms with E-state index in [1.165, 1.54) is 15.2 Å². The number of benzene rings is 1. The minimum Gasteiger partial charge on any atom is -0.103 e. The van der Waals surface area contributed by atoms with Gasteiger partial charge in [-0.05, 0) is 17.2 Å². The van der Waals surface area contributed by atoms with Gasteiger partial charge in [0.05, 0.1) is 8.80 Å². The quantitative estimate of drug-likeness (QED) is 0.575. The van der Waals surface area contributed by atoms with Crippen LogP contribution in [0.4, 0.5) is 0 Å². The summed E-state index contributed by atoms with van der Waals surface area (Å²) in [7, 11) is -0.702. The van der Waals surface area contributed by atoms with Crippen LogP contribution >= 0.6 is 15.9 Å². The van der Waals surface area contributed by atoms with Gasteiger partial charge in [0, 0.05) is 4.47 Å². The first-order valence-corrected chi connectivity index (χ1v) is 8.23. The molecule has 0 unspecified atom stereocenters. The molecule has 1 rings (SSSR count). The molecule has 0 heterocycles. The molecular weight excluding hydrogens is 240 g/mol. The summed E-state index contributed by atoms with van der Waals surface area (Å²) in [4.78, 5) is 0. The number of halogens is 1. The molecule has 1 aromatic carbocycles. The highest BCUT2D eigenvalue weighted by Gasteiger charge is 2.07. The number of allylic oxidation sites excluding steroid dienone is 1. The second-order valence-electron chi connectivity index (χ2n) is 3.47. The molecule has 0 saturated heterocycles. The van der Waals surface area contributed by atoms with E-state index in [9.17, 15) is 0 Å². The minimum atomic E-state index is -0.702. The van der Waals surface area contributed by atoms with Gasteiger partial charge in [-0.25, -0.2) is 0 Å². The maximum Gasteiger partial charge on any atom is 0.0662 e. The van der Waals surface area contributed by atoms with E-state index in [1.807, 2.05) is 6.08 Å². The van der Waals surface area contributed by atoms with E-state index >= 15 is 0 Å². The molecule has 0 bridgehead atoms. The van der Waals surface area contributed by atoms with Gasteiger partial charge in [0.2, 0.25) is 0 Å². The van der Waals surface area contributed by atoms with Gasteiger partial charge in [0.25, 0.3) is 0 Å². The first-order chi connectivity index (χ1) is 6.16. The van der Waals surface area contributed by atoms with Crippen LogP contribution in [0.2, 0.25) is 13.1 Å². The van der Waals surface area contributed by atoms with Crippen molar-refractivity contribution in [2.75, 3.05) is 0 Å². The van der Waals surface area contributed by atoms with Crippen LogP contribution in [0, 0.1) is 0 Å². The zero-order valence-corrected chi connectivity index (χ0v) is 10.9. The van der Waals surface area contributed by atoms with Crippen molar-refractivity contribution < 1.29 is 0 Å². The molecule has 0 N–H and O–H groups in total. The van der Waals surface area contributed by atoms with Crippen LogP contribution in [0.25, 0.3) is 0 Å². The van der Waals surface area contributed by atoms with E-state index < -0.39 is 8.80 Å². The molecule has 0 fully saturated rings. The average molecular weight is 255 g/mol. The van der Waals surface area contributed by atoms with Gasteiger partial charge < -0.3 is 0 Å². The monoisotopic (exact) mass is 254 g/mol. The van der Waals surface area contributed by atoms with Crippen molar-refractivity contribution in [3.63, 3.8) is 0 Å². The van der Waals surface area contributed by atoms with E-state index in [0.29, 0.717) is 0 Å². The van der Waals surface area contributed by atoms with Crippen molar-refractivity contribution in [3.05, 3.63) is 40.9 Å². The lowest BCUT2D eigenvalue weighted by Gasteiger charge is -2.10. The van der Waals surface area contributed by atoms with Gasteiger partial charge in [0.1, 0.15) is 0 Å². The third kappa shape index (κ3) is 2.55. The molecule has 0 saturated carbocycles. The normalized spacial score (nSPS) is 10.5. The standard InChI is InChI=1S/C11H15BrSi/c1-4-6-9-7-5-8-10(11(9)12)13(2)3/h4-5,7-8,13H,1,6H2,2-3H3. The van der Waals surface area contributed by atoms with Crippen molar-refractivity contribution in [2.24, 2.45) is 0 Å². The van der Waals surface area contributed by atoms with Gasteiger partial charge in [-0.3, -0.25) is 0 Å². The van der Waals surface area contributed by atoms with Crippen LogP contribution in [0.15, 0.2) is 35.3 Å². The summed E-state index contributed by atoms with van der Waals surface area (Å²) in [6, 6.07) is 6.53. The lowest BCUT2D eigenvalue weighted by Crippen LogP contribution is -2.24. The molecule has 1 aromatic rings. The van der Waals surface area contributed by atoms with E-state index in [-0.39, 0.29) is 0 Å². The maximum absolute atomic E-state index is 3.76. The molecule has 0 aliphatic rings. The second kappa shape index (κ2) is 4.77. The van der Waals surface area contributed by atoms with Gasteiger partial charge >= 0.3 is 0 Å². The highest BCUT2D eigenvalue weighted by atomic mass is 79.9. The molecular formula is C11H15BrSi. The Bertz CT molecular complexity index is 305. The summed E-state index contributed by atoms with van der Waals surface area (Å²) < 4.78 is 1.30. The lowest BCUT2D eigenvalue weighted by atomic mass is 10.1. The van der Waals surface area contributed by atoms with Crippen molar-refractivity contribution in [1.82, 2.24) is 0 Å². The van der Waals surface area contributed by atoms with Gasteiger partial charge in [-0.1, -0.05) is 53.3 Å². The predicted octanol–water partition coefficient (Wildman–Crippen LogP) is 2.87. The van der Waals surface area contributed by atoms with Gasteiger partial charge in [0.15, 0.2) is 0 Å². The number of hydrogen-bond acceptors (Lipinski definition) is 0. The van der Waals surface area contributed by atoms with Crippen LogP contribution in [0.1, 0.15) is 5.56 Å². The topological polar surface area (TPSA) is 0 Å². The molecule has 0 aromatic heterocycles. The summed E-state index contributed by atoms with van der Waals surface area (Å²) >= 11 is 3.67. The fraction of sp³-hybridized carbons (Fsp3) is 0.273. The van der Waals surface area contributed by atoms with Crippen molar-refractivity contribution in [1.29, 1.82) is 0 Å². The largest absolute Gasteiger partial charge is 0.103 e. The highest BCUT2D eigenvalue weighted by molar-refractivity contribution is 9.10. The average Bonchev–Trinajstić information content (AvgIpc) is 2.08. The smallest absolute Gasteiger partial charge is 0.0662 e. The first kappa shape index (κ1) is 10.7. The van der Waals surface area contributed by atoms with Crippen LogP contribution in [0.3, 0.4) is 0 Å². The minimum absolute atomic E-state index is 0.702. The molecule has 0 aliphatic heterocycles. The van der Waals surface area contributed by atoms with Gasteiger partial charge in [-0.2, -0.15) is 0 Å². The van der Waals surface area contributed by atoms with Crippen LogP contribution in [-0.4, -0.2) is 8.80 Å². The Morgan fingerprint density at radius 1 is 1.46 bits per heavy atom. The molecule has 0 amide bonds.